The van der Waals surface area contributed by atoms with E-state index in [9.17, 15) is 4.79 Å². The molecular formula is C12H8ClN5O. The van der Waals surface area contributed by atoms with Crippen LogP contribution in [0.15, 0.2) is 41.2 Å². The smallest absolute Gasteiger partial charge is 0.259 e. The van der Waals surface area contributed by atoms with Gasteiger partial charge in [-0.25, -0.2) is 0 Å². The highest BCUT2D eigenvalue weighted by Crippen LogP contribution is 2.20. The number of H-pyrrole nitrogens is 2. The molecule has 3 aromatic rings. The number of nitrogens with zero attached hydrogens (tertiary/aromatic N) is 3. The summed E-state index contributed by atoms with van der Waals surface area (Å²) in [5.74, 6) is 0.263. The average Bonchev–Trinajstić information content (AvgIpc) is 2.92. The van der Waals surface area contributed by atoms with Crippen molar-refractivity contribution in [1.82, 2.24) is 25.6 Å². The maximum atomic E-state index is 12.0. The van der Waals surface area contributed by atoms with Crippen molar-refractivity contribution in [2.24, 2.45) is 0 Å². The lowest BCUT2D eigenvalue weighted by atomic mass is 10.1. The van der Waals surface area contributed by atoms with Crippen LogP contribution in [-0.2, 0) is 0 Å². The molecule has 3 rings (SSSR count). The van der Waals surface area contributed by atoms with E-state index in [0.29, 0.717) is 16.3 Å². The number of hydrogen-bond donors (Lipinski definition) is 2. The fourth-order valence-electron chi connectivity index (χ4n) is 1.75. The molecule has 6 nitrogen and oxygen atoms in total. The summed E-state index contributed by atoms with van der Waals surface area (Å²) in [6.45, 7) is 0. The highest BCUT2D eigenvalue weighted by molar-refractivity contribution is 6.30. The van der Waals surface area contributed by atoms with E-state index in [1.807, 2.05) is 12.1 Å². The second-order valence-corrected chi connectivity index (χ2v) is 4.30. The van der Waals surface area contributed by atoms with Gasteiger partial charge in [0.15, 0.2) is 0 Å². The first-order chi connectivity index (χ1) is 9.24. The molecule has 0 aliphatic rings. The molecule has 2 N–H and O–H groups in total. The molecule has 1 aromatic carbocycles. The third-order valence-electron chi connectivity index (χ3n) is 2.63. The maximum absolute atomic E-state index is 12.0. The Kier molecular flexibility index (Phi) is 2.85. The van der Waals surface area contributed by atoms with Crippen molar-refractivity contribution in [3.63, 3.8) is 0 Å². The van der Waals surface area contributed by atoms with Crippen LogP contribution < -0.4 is 5.56 Å². The van der Waals surface area contributed by atoms with Gasteiger partial charge in [-0.1, -0.05) is 23.7 Å². The van der Waals surface area contributed by atoms with Gasteiger partial charge in [-0.3, -0.25) is 4.79 Å². The Morgan fingerprint density at radius 3 is 2.74 bits per heavy atom. The fourth-order valence-corrected chi connectivity index (χ4v) is 1.94. The van der Waals surface area contributed by atoms with E-state index in [2.05, 4.69) is 25.6 Å². The predicted molar refractivity (Wildman–Crippen MR) is 70.7 cm³/mol. The van der Waals surface area contributed by atoms with E-state index < -0.39 is 0 Å². The van der Waals surface area contributed by atoms with Crippen molar-refractivity contribution in [2.45, 2.75) is 0 Å². The van der Waals surface area contributed by atoms with Gasteiger partial charge < -0.3 is 4.98 Å². The molecule has 0 bridgehead atoms. The zero-order chi connectivity index (χ0) is 13.2. The molecule has 2 heterocycles. The third kappa shape index (κ3) is 2.25. The van der Waals surface area contributed by atoms with Crippen molar-refractivity contribution >= 4 is 11.6 Å². The molecule has 0 fully saturated rings. The monoisotopic (exact) mass is 273 g/mol. The van der Waals surface area contributed by atoms with Crippen LogP contribution in [0.25, 0.3) is 22.6 Å². The molecule has 0 aliphatic carbocycles. The molecule has 0 radical (unpaired) electrons. The number of hydrogen-bond acceptors (Lipinski definition) is 4. The SMILES string of the molecule is O=c1[nH]c(-c2cccc(Cl)c2)ccc1-c1nn[nH]n1. The van der Waals surface area contributed by atoms with Crippen molar-refractivity contribution < 1.29 is 0 Å². The van der Waals surface area contributed by atoms with Crippen molar-refractivity contribution in [2.75, 3.05) is 0 Å². The Morgan fingerprint density at radius 1 is 1.16 bits per heavy atom. The maximum Gasteiger partial charge on any atom is 0.259 e. The molecule has 0 spiro atoms. The molecule has 19 heavy (non-hydrogen) atoms. The number of rotatable bonds is 2. The number of benzene rings is 1. The molecule has 0 saturated carbocycles. The number of pyridine rings is 1. The van der Waals surface area contributed by atoms with E-state index in [1.54, 1.807) is 24.3 Å². The van der Waals surface area contributed by atoms with Gasteiger partial charge in [-0.15, -0.1) is 10.2 Å². The highest BCUT2D eigenvalue weighted by atomic mass is 35.5. The molecule has 2 aromatic heterocycles. The number of halogens is 1. The quantitative estimate of drug-likeness (QED) is 0.746. The van der Waals surface area contributed by atoms with E-state index in [-0.39, 0.29) is 11.4 Å². The van der Waals surface area contributed by atoms with Crippen LogP contribution in [0.4, 0.5) is 0 Å². The highest BCUT2D eigenvalue weighted by Gasteiger charge is 2.09. The van der Waals surface area contributed by atoms with Gasteiger partial charge in [-0.05, 0) is 35.0 Å². The number of tetrazole rings is 1. The van der Waals surface area contributed by atoms with E-state index in [0.717, 1.165) is 5.56 Å². The summed E-state index contributed by atoms with van der Waals surface area (Å²) in [7, 11) is 0. The van der Waals surface area contributed by atoms with E-state index in [4.69, 9.17) is 11.6 Å². The second kappa shape index (κ2) is 4.66. The van der Waals surface area contributed by atoms with E-state index >= 15 is 0 Å². The summed E-state index contributed by atoms with van der Waals surface area (Å²) < 4.78 is 0. The Labute approximate surface area is 112 Å². The van der Waals surface area contributed by atoms with Crippen molar-refractivity contribution in [3.8, 4) is 22.6 Å². The van der Waals surface area contributed by atoms with Crippen molar-refractivity contribution in [1.29, 1.82) is 0 Å². The summed E-state index contributed by atoms with van der Waals surface area (Å²) in [6, 6.07) is 10.7. The topological polar surface area (TPSA) is 87.3 Å². The molecule has 94 valence electrons. The molecule has 0 unspecified atom stereocenters. The van der Waals surface area contributed by atoms with Crippen molar-refractivity contribution in [3.05, 3.63) is 51.8 Å². The number of aromatic nitrogens is 5. The standard InChI is InChI=1S/C12H8ClN5O/c13-8-3-1-2-7(6-8)10-5-4-9(12(19)14-10)11-15-17-18-16-11/h1-6H,(H,14,19)(H,15,16,17,18). The number of nitrogens with one attached hydrogen (secondary N) is 2. The minimum absolute atomic E-state index is 0.263. The Hall–Kier alpha value is -2.47. The van der Waals surface area contributed by atoms with Gasteiger partial charge in [0, 0.05) is 10.7 Å². The second-order valence-electron chi connectivity index (χ2n) is 3.86. The first-order valence-electron chi connectivity index (χ1n) is 5.47. The minimum Gasteiger partial charge on any atom is -0.321 e. The fraction of sp³-hybridized carbons (Fsp3) is 0. The Balaban J connectivity index is 2.07. The molecule has 0 amide bonds. The summed E-state index contributed by atoms with van der Waals surface area (Å²) in [4.78, 5) is 14.8. The predicted octanol–water partition coefficient (Wildman–Crippen LogP) is 1.88. The van der Waals surface area contributed by atoms with Gasteiger partial charge in [0.1, 0.15) is 0 Å². The van der Waals surface area contributed by atoms with Gasteiger partial charge >= 0.3 is 0 Å². The van der Waals surface area contributed by atoms with E-state index in [1.165, 1.54) is 0 Å². The summed E-state index contributed by atoms with van der Waals surface area (Å²) in [5.41, 5.74) is 1.60. The van der Waals surface area contributed by atoms with Crippen LogP contribution in [0.3, 0.4) is 0 Å². The van der Waals surface area contributed by atoms with Crippen LogP contribution in [0.1, 0.15) is 0 Å². The lowest BCUT2D eigenvalue weighted by Gasteiger charge is -2.02. The normalized spacial score (nSPS) is 10.6. The zero-order valence-corrected chi connectivity index (χ0v) is 10.3. The van der Waals surface area contributed by atoms with Gasteiger partial charge in [-0.2, -0.15) is 5.21 Å². The summed E-state index contributed by atoms with van der Waals surface area (Å²) in [6.07, 6.45) is 0. The third-order valence-corrected chi connectivity index (χ3v) is 2.87. The molecule has 0 aliphatic heterocycles. The van der Waals surface area contributed by atoms with Crippen LogP contribution in [0.5, 0.6) is 0 Å². The Morgan fingerprint density at radius 2 is 2.05 bits per heavy atom. The molecule has 0 atom stereocenters. The zero-order valence-electron chi connectivity index (χ0n) is 9.59. The molecule has 7 heteroatoms. The van der Waals surface area contributed by atoms with Crippen LogP contribution in [0.2, 0.25) is 5.02 Å². The minimum atomic E-state index is -0.279. The average molecular weight is 274 g/mol. The first-order valence-corrected chi connectivity index (χ1v) is 5.85. The molecular weight excluding hydrogens is 266 g/mol. The van der Waals surface area contributed by atoms with Crippen LogP contribution in [0, 0.1) is 0 Å². The summed E-state index contributed by atoms with van der Waals surface area (Å²) in [5, 5.41) is 13.9. The van der Waals surface area contributed by atoms with Gasteiger partial charge in [0.05, 0.1) is 5.56 Å². The Bertz CT molecular complexity index is 766. The first kappa shape index (κ1) is 11.6. The van der Waals surface area contributed by atoms with Gasteiger partial charge in [0.25, 0.3) is 5.56 Å². The molecule has 0 saturated heterocycles. The van der Waals surface area contributed by atoms with Crippen LogP contribution in [-0.4, -0.2) is 25.6 Å². The van der Waals surface area contributed by atoms with Crippen LogP contribution >= 0.6 is 11.6 Å². The number of aromatic amines is 2. The largest absolute Gasteiger partial charge is 0.321 e. The lowest BCUT2D eigenvalue weighted by Crippen LogP contribution is -2.10. The van der Waals surface area contributed by atoms with Gasteiger partial charge in [0.2, 0.25) is 5.82 Å². The lowest BCUT2D eigenvalue weighted by molar-refractivity contribution is 0.881. The summed E-state index contributed by atoms with van der Waals surface area (Å²) >= 11 is 5.92.